The Morgan fingerprint density at radius 1 is 1.20 bits per heavy atom. The Kier molecular flexibility index (Phi) is 1.66. The van der Waals surface area contributed by atoms with Gasteiger partial charge < -0.3 is 4.74 Å². The van der Waals surface area contributed by atoms with Gasteiger partial charge in [0.1, 0.15) is 11.8 Å². The summed E-state index contributed by atoms with van der Waals surface area (Å²) >= 11 is 0. The maximum absolute atomic E-state index is 8.84. The Morgan fingerprint density at radius 3 is 2.93 bits per heavy atom. The highest BCUT2D eigenvalue weighted by molar-refractivity contribution is 5.88. The van der Waals surface area contributed by atoms with Gasteiger partial charge in [-0.05, 0) is 16.8 Å². The lowest BCUT2D eigenvalue weighted by atomic mass is 10.0. The third kappa shape index (κ3) is 1.17. The second-order valence-corrected chi connectivity index (χ2v) is 3.70. The highest BCUT2D eigenvalue weighted by Crippen LogP contribution is 2.34. The number of hydrogen-bond acceptors (Lipinski definition) is 2. The van der Waals surface area contributed by atoms with Gasteiger partial charge in [0, 0.05) is 12.0 Å². The lowest BCUT2D eigenvalue weighted by molar-refractivity contribution is 0.290. The fraction of sp³-hybridized carbons (Fsp3) is 0.154. The number of nitriles is 1. The average Bonchev–Trinajstić information content (AvgIpc) is 2.72. The summed E-state index contributed by atoms with van der Waals surface area (Å²) in [5, 5.41) is 11.2. The highest BCUT2D eigenvalue weighted by Gasteiger charge is 2.23. The molecular formula is C13H9NO. The van der Waals surface area contributed by atoms with Gasteiger partial charge in [-0.25, -0.2) is 0 Å². The monoisotopic (exact) mass is 195 g/mol. The summed E-state index contributed by atoms with van der Waals surface area (Å²) in [7, 11) is 0. The molecule has 0 aliphatic carbocycles. The number of benzene rings is 2. The van der Waals surface area contributed by atoms with E-state index in [1.54, 1.807) is 0 Å². The molecule has 0 amide bonds. The SMILES string of the molecule is N#CC1Cc2c(ccc3ccccc23)O1. The predicted octanol–water partition coefficient (Wildman–Crippen LogP) is 2.67. The maximum atomic E-state index is 8.84. The van der Waals surface area contributed by atoms with Crippen LogP contribution < -0.4 is 4.74 Å². The van der Waals surface area contributed by atoms with Crippen molar-refractivity contribution in [2.24, 2.45) is 0 Å². The quantitative estimate of drug-likeness (QED) is 0.647. The fourth-order valence-electron chi connectivity index (χ4n) is 2.09. The van der Waals surface area contributed by atoms with Gasteiger partial charge in [0.25, 0.3) is 0 Å². The Morgan fingerprint density at radius 2 is 2.07 bits per heavy atom. The molecule has 15 heavy (non-hydrogen) atoms. The van der Waals surface area contributed by atoms with Crippen LogP contribution in [0.1, 0.15) is 5.56 Å². The summed E-state index contributed by atoms with van der Waals surface area (Å²) in [6.45, 7) is 0. The largest absolute Gasteiger partial charge is 0.475 e. The Balaban J connectivity index is 2.26. The first-order chi connectivity index (χ1) is 7.38. The topological polar surface area (TPSA) is 33.0 Å². The minimum absolute atomic E-state index is 0.314. The molecule has 1 aliphatic heterocycles. The molecule has 2 nitrogen and oxygen atoms in total. The summed E-state index contributed by atoms with van der Waals surface area (Å²) in [6.07, 6.45) is 0.388. The van der Waals surface area contributed by atoms with Crippen LogP contribution in [-0.2, 0) is 6.42 Å². The normalized spacial score (nSPS) is 18.2. The summed E-state index contributed by atoms with van der Waals surface area (Å²) in [4.78, 5) is 0. The van der Waals surface area contributed by atoms with Crippen LogP contribution in [0.5, 0.6) is 5.75 Å². The molecule has 0 saturated carbocycles. The van der Waals surface area contributed by atoms with E-state index in [1.807, 2.05) is 24.3 Å². The number of fused-ring (bicyclic) bond motifs is 3. The molecule has 3 rings (SSSR count). The van der Waals surface area contributed by atoms with E-state index >= 15 is 0 Å². The zero-order valence-electron chi connectivity index (χ0n) is 8.10. The lowest BCUT2D eigenvalue weighted by Crippen LogP contribution is -2.08. The Bertz CT molecular complexity index is 568. The minimum Gasteiger partial charge on any atom is -0.475 e. The zero-order chi connectivity index (χ0) is 10.3. The molecule has 0 fully saturated rings. The average molecular weight is 195 g/mol. The van der Waals surface area contributed by atoms with Crippen LogP contribution in [-0.4, -0.2) is 6.10 Å². The Labute approximate surface area is 87.7 Å². The molecule has 0 aromatic heterocycles. The van der Waals surface area contributed by atoms with E-state index in [2.05, 4.69) is 18.2 Å². The van der Waals surface area contributed by atoms with Gasteiger partial charge in [-0.2, -0.15) is 5.26 Å². The minimum atomic E-state index is -0.314. The predicted molar refractivity (Wildman–Crippen MR) is 57.7 cm³/mol. The van der Waals surface area contributed by atoms with Crippen LogP contribution in [0.25, 0.3) is 10.8 Å². The van der Waals surface area contributed by atoms with Crippen LogP contribution in [0.4, 0.5) is 0 Å². The smallest absolute Gasteiger partial charge is 0.188 e. The van der Waals surface area contributed by atoms with Gasteiger partial charge in [-0.3, -0.25) is 0 Å². The summed E-state index contributed by atoms with van der Waals surface area (Å²) in [6, 6.07) is 14.3. The van der Waals surface area contributed by atoms with Crippen molar-refractivity contribution in [1.29, 1.82) is 5.26 Å². The number of nitrogens with zero attached hydrogens (tertiary/aromatic N) is 1. The van der Waals surface area contributed by atoms with Gasteiger partial charge >= 0.3 is 0 Å². The molecule has 0 spiro atoms. The first-order valence-corrected chi connectivity index (χ1v) is 4.95. The first-order valence-electron chi connectivity index (χ1n) is 4.95. The molecular weight excluding hydrogens is 186 g/mol. The molecule has 2 aromatic rings. The standard InChI is InChI=1S/C13H9NO/c14-8-10-7-12-11-4-2-1-3-9(11)5-6-13(12)15-10/h1-6,10H,7H2. The second-order valence-electron chi connectivity index (χ2n) is 3.70. The van der Waals surface area contributed by atoms with Crippen LogP contribution in [0.15, 0.2) is 36.4 Å². The van der Waals surface area contributed by atoms with E-state index < -0.39 is 0 Å². The molecule has 2 heteroatoms. The Hall–Kier alpha value is -2.01. The molecule has 72 valence electrons. The second kappa shape index (κ2) is 2.99. The summed E-state index contributed by atoms with van der Waals surface area (Å²) in [5.41, 5.74) is 1.17. The maximum Gasteiger partial charge on any atom is 0.188 e. The van der Waals surface area contributed by atoms with Crippen molar-refractivity contribution < 1.29 is 4.74 Å². The van der Waals surface area contributed by atoms with Gasteiger partial charge in [-0.1, -0.05) is 30.3 Å². The molecule has 1 aliphatic rings. The van der Waals surface area contributed by atoms with Crippen molar-refractivity contribution in [2.75, 3.05) is 0 Å². The molecule has 0 bridgehead atoms. The fourth-order valence-corrected chi connectivity index (χ4v) is 2.09. The first kappa shape index (κ1) is 8.31. The molecule has 2 aromatic carbocycles. The van der Waals surface area contributed by atoms with Crippen molar-refractivity contribution in [2.45, 2.75) is 12.5 Å². The third-order valence-corrected chi connectivity index (χ3v) is 2.80. The molecule has 1 atom stereocenters. The van der Waals surface area contributed by atoms with Gasteiger partial charge in [-0.15, -0.1) is 0 Å². The summed E-state index contributed by atoms with van der Waals surface area (Å²) in [5.74, 6) is 0.861. The van der Waals surface area contributed by atoms with Crippen LogP contribution in [0.3, 0.4) is 0 Å². The van der Waals surface area contributed by atoms with E-state index in [0.29, 0.717) is 6.42 Å². The zero-order valence-corrected chi connectivity index (χ0v) is 8.10. The van der Waals surface area contributed by atoms with E-state index in [-0.39, 0.29) is 6.10 Å². The van der Waals surface area contributed by atoms with Crippen molar-refractivity contribution in [3.63, 3.8) is 0 Å². The lowest BCUT2D eigenvalue weighted by Gasteiger charge is -2.02. The van der Waals surface area contributed by atoms with Crippen LogP contribution >= 0.6 is 0 Å². The molecule has 0 radical (unpaired) electrons. The highest BCUT2D eigenvalue weighted by atomic mass is 16.5. The molecule has 0 N–H and O–H groups in total. The van der Waals surface area contributed by atoms with E-state index in [4.69, 9.17) is 10.00 Å². The van der Waals surface area contributed by atoms with E-state index in [1.165, 1.54) is 16.3 Å². The molecule has 0 saturated heterocycles. The van der Waals surface area contributed by atoms with Gasteiger partial charge in [0.15, 0.2) is 6.10 Å². The van der Waals surface area contributed by atoms with E-state index in [9.17, 15) is 0 Å². The summed E-state index contributed by atoms with van der Waals surface area (Å²) < 4.78 is 5.50. The third-order valence-electron chi connectivity index (χ3n) is 2.80. The van der Waals surface area contributed by atoms with Gasteiger partial charge in [0.2, 0.25) is 0 Å². The van der Waals surface area contributed by atoms with Crippen molar-refractivity contribution in [3.05, 3.63) is 42.0 Å². The van der Waals surface area contributed by atoms with Crippen molar-refractivity contribution in [1.82, 2.24) is 0 Å². The molecule has 1 heterocycles. The van der Waals surface area contributed by atoms with Crippen molar-refractivity contribution >= 4 is 10.8 Å². The molecule has 1 unspecified atom stereocenters. The number of rotatable bonds is 0. The number of ether oxygens (including phenoxy) is 1. The van der Waals surface area contributed by atoms with Crippen molar-refractivity contribution in [3.8, 4) is 11.8 Å². The van der Waals surface area contributed by atoms with Crippen LogP contribution in [0.2, 0.25) is 0 Å². The van der Waals surface area contributed by atoms with Crippen LogP contribution in [0, 0.1) is 11.3 Å². The number of hydrogen-bond donors (Lipinski definition) is 0. The van der Waals surface area contributed by atoms with E-state index in [0.717, 1.165) is 5.75 Å². The van der Waals surface area contributed by atoms with Gasteiger partial charge in [0.05, 0.1) is 0 Å².